The molecular weight excluding hydrogens is 279 g/mol. The van der Waals surface area contributed by atoms with Gasteiger partial charge in [-0.2, -0.15) is 0 Å². The van der Waals surface area contributed by atoms with Crippen molar-refractivity contribution in [1.29, 1.82) is 0 Å². The molecule has 1 fully saturated rings. The van der Waals surface area contributed by atoms with E-state index in [1.165, 1.54) is 23.8 Å². The van der Waals surface area contributed by atoms with Crippen LogP contribution in [0.25, 0.3) is 0 Å². The first kappa shape index (κ1) is 15.4. The largest absolute Gasteiger partial charge is 0.334 e. The minimum Gasteiger partial charge on any atom is -0.334 e. The molecule has 0 amide bonds. The van der Waals surface area contributed by atoms with Crippen molar-refractivity contribution in [2.75, 3.05) is 0 Å². The predicted octanol–water partition coefficient (Wildman–Crippen LogP) is 3.24. The maximum Gasteiger partial charge on any atom is 0.233 e. The second kappa shape index (κ2) is 7.64. The van der Waals surface area contributed by atoms with Crippen LogP contribution < -0.4 is 10.9 Å². The highest BCUT2D eigenvalue weighted by Crippen LogP contribution is 2.33. The fourth-order valence-electron chi connectivity index (χ4n) is 2.64. The number of aromatic nitrogens is 2. The summed E-state index contributed by atoms with van der Waals surface area (Å²) >= 11 is 0. The number of imidazole rings is 1. The van der Waals surface area contributed by atoms with Gasteiger partial charge in [-0.1, -0.05) is 71.6 Å². The first-order valence-electron chi connectivity index (χ1n) is 8.08. The van der Waals surface area contributed by atoms with E-state index in [-0.39, 0.29) is 0 Å². The number of nitrogens with zero attached hydrogens (tertiary/aromatic N) is 2. The summed E-state index contributed by atoms with van der Waals surface area (Å²) in [5.74, 6) is 1.99. The molecule has 3 heteroatoms. The molecule has 0 N–H and O–H groups in total. The number of benzene rings is 2. The van der Waals surface area contributed by atoms with Crippen LogP contribution in [0.15, 0.2) is 91.9 Å². The molecule has 4 rings (SSSR count). The van der Waals surface area contributed by atoms with Gasteiger partial charge in [-0.05, 0) is 12.8 Å². The van der Waals surface area contributed by atoms with Gasteiger partial charge in [0.25, 0.3) is 0 Å². The van der Waals surface area contributed by atoms with Crippen molar-refractivity contribution in [2.24, 2.45) is 0 Å². The molecule has 0 spiro atoms. The van der Waals surface area contributed by atoms with E-state index in [9.17, 15) is 0 Å². The van der Waals surface area contributed by atoms with Gasteiger partial charge in [0.05, 0.1) is 6.33 Å². The lowest BCUT2D eigenvalue weighted by molar-refractivity contribution is 0.740. The molecule has 0 saturated heterocycles. The minimum absolute atomic E-state index is 0.299. The SMILES string of the molecule is C=CB(c1ccccc1)c1ccccc1.c1cn(C2CC2)cn1. The van der Waals surface area contributed by atoms with E-state index in [2.05, 4.69) is 64.7 Å². The molecule has 0 aliphatic heterocycles. The highest BCUT2D eigenvalue weighted by atomic mass is 15.1. The minimum atomic E-state index is 0.299. The Morgan fingerprint density at radius 3 is 1.91 bits per heavy atom. The van der Waals surface area contributed by atoms with E-state index in [1.807, 2.05) is 36.8 Å². The maximum absolute atomic E-state index is 3.95. The lowest BCUT2D eigenvalue weighted by Gasteiger charge is -2.09. The Hall–Kier alpha value is -2.55. The van der Waals surface area contributed by atoms with Crippen LogP contribution in [0, 0.1) is 0 Å². The molecule has 2 aromatic carbocycles. The van der Waals surface area contributed by atoms with Gasteiger partial charge in [-0.3, -0.25) is 0 Å². The van der Waals surface area contributed by atoms with Crippen LogP contribution in [0.1, 0.15) is 18.9 Å². The fourth-order valence-corrected chi connectivity index (χ4v) is 2.64. The smallest absolute Gasteiger partial charge is 0.233 e. The van der Waals surface area contributed by atoms with Crippen LogP contribution in [0.2, 0.25) is 0 Å². The van der Waals surface area contributed by atoms with Crippen molar-refractivity contribution < 1.29 is 0 Å². The fraction of sp³-hybridized carbons (Fsp3) is 0.150. The molecule has 1 aliphatic rings. The van der Waals surface area contributed by atoms with Crippen LogP contribution in [-0.2, 0) is 0 Å². The second-order valence-electron chi connectivity index (χ2n) is 5.78. The van der Waals surface area contributed by atoms with Crippen molar-refractivity contribution in [1.82, 2.24) is 9.55 Å². The second-order valence-corrected chi connectivity index (χ2v) is 5.78. The molecule has 1 saturated carbocycles. The molecule has 0 radical (unpaired) electrons. The van der Waals surface area contributed by atoms with Crippen LogP contribution in [0.4, 0.5) is 0 Å². The van der Waals surface area contributed by atoms with E-state index in [1.54, 1.807) is 0 Å². The molecule has 0 unspecified atom stereocenters. The summed E-state index contributed by atoms with van der Waals surface area (Å²) in [5.41, 5.74) is 2.58. The molecule has 3 aromatic rings. The van der Waals surface area contributed by atoms with E-state index in [0.717, 1.165) is 6.04 Å². The highest BCUT2D eigenvalue weighted by molar-refractivity contribution is 6.89. The molecule has 0 bridgehead atoms. The zero-order valence-corrected chi connectivity index (χ0v) is 13.3. The molecule has 0 atom stereocenters. The Morgan fingerprint density at radius 2 is 1.52 bits per heavy atom. The molecule has 114 valence electrons. The van der Waals surface area contributed by atoms with Gasteiger partial charge in [0.1, 0.15) is 0 Å². The lowest BCUT2D eigenvalue weighted by Crippen LogP contribution is -2.40. The van der Waals surface area contributed by atoms with E-state index in [0.29, 0.717) is 6.71 Å². The molecular formula is C20H21BN2. The van der Waals surface area contributed by atoms with Crippen molar-refractivity contribution in [3.63, 3.8) is 0 Å². The number of rotatable bonds is 4. The average Bonchev–Trinajstić information content (AvgIpc) is 3.33. The third-order valence-corrected chi connectivity index (χ3v) is 4.05. The van der Waals surface area contributed by atoms with Crippen LogP contribution >= 0.6 is 0 Å². The van der Waals surface area contributed by atoms with Gasteiger partial charge in [0.15, 0.2) is 0 Å². The van der Waals surface area contributed by atoms with Gasteiger partial charge in [-0.25, -0.2) is 4.98 Å². The summed E-state index contributed by atoms with van der Waals surface area (Å²) in [6.07, 6.45) is 8.43. The van der Waals surface area contributed by atoms with Crippen LogP contribution in [-0.4, -0.2) is 16.3 Å². The summed E-state index contributed by atoms with van der Waals surface area (Å²) < 4.78 is 2.17. The van der Waals surface area contributed by atoms with Crippen LogP contribution in [0.3, 0.4) is 0 Å². The Labute approximate surface area is 138 Å². The van der Waals surface area contributed by atoms with Crippen molar-refractivity contribution in [3.8, 4) is 0 Å². The van der Waals surface area contributed by atoms with Crippen molar-refractivity contribution in [3.05, 3.63) is 91.9 Å². The summed E-state index contributed by atoms with van der Waals surface area (Å²) in [7, 11) is 0. The molecule has 1 aromatic heterocycles. The Kier molecular flexibility index (Phi) is 5.10. The zero-order chi connectivity index (χ0) is 15.9. The maximum atomic E-state index is 3.95. The third-order valence-electron chi connectivity index (χ3n) is 4.05. The van der Waals surface area contributed by atoms with Crippen molar-refractivity contribution >= 4 is 17.6 Å². The highest BCUT2D eigenvalue weighted by Gasteiger charge is 2.21. The average molecular weight is 300 g/mol. The van der Waals surface area contributed by atoms with Gasteiger partial charge >= 0.3 is 0 Å². The van der Waals surface area contributed by atoms with Gasteiger partial charge in [0.2, 0.25) is 6.71 Å². The topological polar surface area (TPSA) is 17.8 Å². The predicted molar refractivity (Wildman–Crippen MR) is 98.6 cm³/mol. The molecule has 23 heavy (non-hydrogen) atoms. The third kappa shape index (κ3) is 4.23. The summed E-state index contributed by atoms with van der Waals surface area (Å²) in [6.45, 7) is 4.21. The normalized spacial score (nSPS) is 12.9. The first-order chi connectivity index (χ1) is 11.4. The first-order valence-corrected chi connectivity index (χ1v) is 8.08. The van der Waals surface area contributed by atoms with Gasteiger partial charge in [-0.15, -0.1) is 12.6 Å². The van der Waals surface area contributed by atoms with Gasteiger partial charge in [0, 0.05) is 18.4 Å². The van der Waals surface area contributed by atoms with Crippen molar-refractivity contribution in [2.45, 2.75) is 18.9 Å². The Balaban J connectivity index is 0.000000162. The molecule has 1 aliphatic carbocycles. The quantitative estimate of drug-likeness (QED) is 0.676. The van der Waals surface area contributed by atoms with Gasteiger partial charge < -0.3 is 4.57 Å². The van der Waals surface area contributed by atoms with E-state index < -0.39 is 0 Å². The zero-order valence-electron chi connectivity index (χ0n) is 13.3. The molecule has 2 nitrogen and oxygen atoms in total. The number of hydrogen-bond acceptors (Lipinski definition) is 1. The summed E-state index contributed by atoms with van der Waals surface area (Å²) in [4.78, 5) is 3.95. The van der Waals surface area contributed by atoms with E-state index in [4.69, 9.17) is 0 Å². The Morgan fingerprint density at radius 1 is 0.957 bits per heavy atom. The summed E-state index contributed by atoms with van der Waals surface area (Å²) in [6, 6.07) is 21.7. The van der Waals surface area contributed by atoms with Crippen LogP contribution in [0.5, 0.6) is 0 Å². The summed E-state index contributed by atoms with van der Waals surface area (Å²) in [5, 5.41) is 0. The lowest BCUT2D eigenvalue weighted by atomic mass is 9.41. The monoisotopic (exact) mass is 300 g/mol. The standard InChI is InChI=1S/C14H13B.C6H8N2/c1-2-15(13-9-5-3-6-10-13)14-11-7-4-8-12-14;1-2-6(1)8-4-3-7-5-8/h2-12H,1H2;3-6H,1-2H2. The number of hydrogen-bond donors (Lipinski definition) is 0. The Bertz CT molecular complexity index is 664. The van der Waals surface area contributed by atoms with E-state index >= 15 is 0 Å². The molecule has 1 heterocycles.